The molecule has 152 valence electrons. The van der Waals surface area contributed by atoms with Crippen LogP contribution in [0.5, 0.6) is 0 Å². The van der Waals surface area contributed by atoms with Crippen molar-refractivity contribution >= 4 is 0 Å². The first kappa shape index (κ1) is 21.2. The van der Waals surface area contributed by atoms with Crippen molar-refractivity contribution in [1.82, 2.24) is 4.98 Å². The standard InChI is InChI=1S/C27H32FN/c1-3-5-7-9-21-11-17-25(26(28)19-21)23-13-15-24(16-14-23)27-18-12-22(20-29-27)10-8-6-4-2/h11-20H,3-10H2,1-2H3. The summed E-state index contributed by atoms with van der Waals surface area (Å²) in [5, 5.41) is 0. The predicted octanol–water partition coefficient (Wildman–Crippen LogP) is 8.02. The normalized spacial score (nSPS) is 11.0. The maximum atomic E-state index is 14.6. The topological polar surface area (TPSA) is 12.9 Å². The summed E-state index contributed by atoms with van der Waals surface area (Å²) in [6.45, 7) is 4.41. The molecule has 1 heterocycles. The molecule has 0 N–H and O–H groups in total. The van der Waals surface area contributed by atoms with E-state index in [4.69, 9.17) is 0 Å². The summed E-state index contributed by atoms with van der Waals surface area (Å²) in [6, 6.07) is 18.0. The number of pyridine rings is 1. The summed E-state index contributed by atoms with van der Waals surface area (Å²) >= 11 is 0. The number of halogens is 1. The van der Waals surface area contributed by atoms with Crippen LogP contribution >= 0.6 is 0 Å². The van der Waals surface area contributed by atoms with E-state index in [1.165, 1.54) is 37.7 Å². The summed E-state index contributed by atoms with van der Waals surface area (Å²) in [7, 11) is 0. The van der Waals surface area contributed by atoms with Crippen molar-refractivity contribution in [3.05, 3.63) is 77.7 Å². The Balaban J connectivity index is 1.68. The molecule has 0 saturated heterocycles. The van der Waals surface area contributed by atoms with Crippen LogP contribution in [0.1, 0.15) is 63.5 Å². The Morgan fingerprint density at radius 2 is 1.31 bits per heavy atom. The van der Waals surface area contributed by atoms with Gasteiger partial charge in [-0.25, -0.2) is 4.39 Å². The van der Waals surface area contributed by atoms with Crippen LogP contribution in [-0.2, 0) is 12.8 Å². The zero-order valence-electron chi connectivity index (χ0n) is 17.8. The van der Waals surface area contributed by atoms with Crippen molar-refractivity contribution in [3.63, 3.8) is 0 Å². The number of rotatable bonds is 10. The molecule has 3 aromatic rings. The summed E-state index contributed by atoms with van der Waals surface area (Å²) in [5.74, 6) is -0.138. The van der Waals surface area contributed by atoms with Gasteiger partial charge in [0.05, 0.1) is 5.69 Å². The van der Waals surface area contributed by atoms with Crippen molar-refractivity contribution in [1.29, 1.82) is 0 Å². The molecule has 0 atom stereocenters. The fourth-order valence-corrected chi connectivity index (χ4v) is 3.67. The Bertz CT molecular complexity index is 881. The molecular weight excluding hydrogens is 357 g/mol. The number of hydrogen-bond acceptors (Lipinski definition) is 1. The smallest absolute Gasteiger partial charge is 0.131 e. The van der Waals surface area contributed by atoms with Gasteiger partial charge in [-0.1, -0.05) is 82.0 Å². The van der Waals surface area contributed by atoms with Gasteiger partial charge in [0.15, 0.2) is 0 Å². The molecule has 0 radical (unpaired) electrons. The highest BCUT2D eigenvalue weighted by atomic mass is 19.1. The average molecular weight is 390 g/mol. The Morgan fingerprint density at radius 1 is 0.690 bits per heavy atom. The van der Waals surface area contributed by atoms with Crippen molar-refractivity contribution in [3.8, 4) is 22.4 Å². The van der Waals surface area contributed by atoms with Crippen LogP contribution in [0.2, 0.25) is 0 Å². The molecule has 0 aliphatic heterocycles. The molecule has 0 spiro atoms. The number of aryl methyl sites for hydroxylation is 2. The van der Waals surface area contributed by atoms with Crippen molar-refractivity contribution in [2.45, 2.75) is 65.2 Å². The van der Waals surface area contributed by atoms with Crippen LogP contribution in [-0.4, -0.2) is 4.98 Å². The van der Waals surface area contributed by atoms with Crippen LogP contribution in [0.25, 0.3) is 22.4 Å². The second-order valence-electron chi connectivity index (χ2n) is 7.86. The van der Waals surface area contributed by atoms with Gasteiger partial charge in [-0.15, -0.1) is 0 Å². The SMILES string of the molecule is CCCCCc1ccc(-c2ccc(-c3ccc(CCCCC)cc3F)cc2)nc1. The van der Waals surface area contributed by atoms with Crippen LogP contribution in [0.4, 0.5) is 4.39 Å². The Labute approximate surface area is 175 Å². The molecule has 29 heavy (non-hydrogen) atoms. The van der Waals surface area contributed by atoms with Crippen LogP contribution in [0, 0.1) is 5.82 Å². The third-order valence-corrected chi connectivity index (χ3v) is 5.49. The molecular formula is C27H32FN. The highest BCUT2D eigenvalue weighted by Crippen LogP contribution is 2.27. The lowest BCUT2D eigenvalue weighted by Gasteiger charge is -2.08. The number of benzene rings is 2. The molecule has 3 rings (SSSR count). The van der Waals surface area contributed by atoms with E-state index in [1.54, 1.807) is 6.07 Å². The van der Waals surface area contributed by atoms with Crippen LogP contribution in [0.15, 0.2) is 60.8 Å². The van der Waals surface area contributed by atoms with Gasteiger partial charge in [0.1, 0.15) is 5.82 Å². The quantitative estimate of drug-likeness (QED) is 0.320. The van der Waals surface area contributed by atoms with Crippen molar-refractivity contribution in [2.24, 2.45) is 0 Å². The van der Waals surface area contributed by atoms with Gasteiger partial charge < -0.3 is 0 Å². The van der Waals surface area contributed by atoms with E-state index in [9.17, 15) is 4.39 Å². The maximum Gasteiger partial charge on any atom is 0.131 e. The maximum absolute atomic E-state index is 14.6. The van der Waals surface area contributed by atoms with Crippen molar-refractivity contribution in [2.75, 3.05) is 0 Å². The zero-order chi connectivity index (χ0) is 20.5. The molecule has 1 aromatic heterocycles. The van der Waals surface area contributed by atoms with Gasteiger partial charge >= 0.3 is 0 Å². The third-order valence-electron chi connectivity index (χ3n) is 5.49. The molecule has 0 fully saturated rings. The van der Waals surface area contributed by atoms with E-state index in [1.807, 2.05) is 36.5 Å². The van der Waals surface area contributed by atoms with Crippen LogP contribution in [0.3, 0.4) is 0 Å². The number of aromatic nitrogens is 1. The monoisotopic (exact) mass is 389 g/mol. The van der Waals surface area contributed by atoms with Gasteiger partial charge in [-0.3, -0.25) is 4.98 Å². The molecule has 0 unspecified atom stereocenters. The largest absolute Gasteiger partial charge is 0.256 e. The average Bonchev–Trinajstić information content (AvgIpc) is 2.75. The minimum Gasteiger partial charge on any atom is -0.256 e. The van der Waals surface area contributed by atoms with Gasteiger partial charge in [0, 0.05) is 17.3 Å². The van der Waals surface area contributed by atoms with Gasteiger partial charge in [0.2, 0.25) is 0 Å². The summed E-state index contributed by atoms with van der Waals surface area (Å²) in [6.07, 6.45) is 11.2. The summed E-state index contributed by atoms with van der Waals surface area (Å²) in [4.78, 5) is 4.62. The highest BCUT2D eigenvalue weighted by Gasteiger charge is 2.08. The van der Waals surface area contributed by atoms with Crippen LogP contribution < -0.4 is 0 Å². The van der Waals surface area contributed by atoms with E-state index in [2.05, 4.69) is 37.0 Å². The molecule has 0 aliphatic carbocycles. The number of unbranched alkanes of at least 4 members (excludes halogenated alkanes) is 4. The molecule has 0 aliphatic rings. The Hall–Kier alpha value is -2.48. The molecule has 1 nitrogen and oxygen atoms in total. The van der Waals surface area contributed by atoms with E-state index in [-0.39, 0.29) is 5.82 Å². The van der Waals surface area contributed by atoms with Gasteiger partial charge in [-0.05, 0) is 54.5 Å². The predicted molar refractivity (Wildman–Crippen MR) is 122 cm³/mol. The summed E-state index contributed by atoms with van der Waals surface area (Å²) in [5.41, 5.74) is 5.96. The lowest BCUT2D eigenvalue weighted by atomic mass is 9.99. The Kier molecular flexibility index (Phi) is 7.98. The van der Waals surface area contributed by atoms with Gasteiger partial charge in [0.25, 0.3) is 0 Å². The van der Waals surface area contributed by atoms with E-state index < -0.39 is 0 Å². The highest BCUT2D eigenvalue weighted by molar-refractivity contribution is 5.69. The minimum absolute atomic E-state index is 0.138. The molecule has 2 heteroatoms. The second kappa shape index (κ2) is 10.9. The molecule has 2 aromatic carbocycles. The van der Waals surface area contributed by atoms with E-state index in [0.29, 0.717) is 5.56 Å². The second-order valence-corrected chi connectivity index (χ2v) is 7.86. The fourth-order valence-electron chi connectivity index (χ4n) is 3.67. The first-order chi connectivity index (χ1) is 14.2. The van der Waals surface area contributed by atoms with E-state index in [0.717, 1.165) is 41.6 Å². The molecule has 0 saturated carbocycles. The first-order valence-electron chi connectivity index (χ1n) is 11.1. The first-order valence-corrected chi connectivity index (χ1v) is 11.1. The molecule has 0 amide bonds. The lowest BCUT2D eigenvalue weighted by molar-refractivity contribution is 0.626. The fraction of sp³-hybridized carbons (Fsp3) is 0.370. The van der Waals surface area contributed by atoms with E-state index >= 15 is 0 Å². The minimum atomic E-state index is -0.138. The lowest BCUT2D eigenvalue weighted by Crippen LogP contribution is -1.91. The zero-order valence-corrected chi connectivity index (χ0v) is 17.8. The Morgan fingerprint density at radius 3 is 1.90 bits per heavy atom. The molecule has 0 bridgehead atoms. The van der Waals surface area contributed by atoms with Gasteiger partial charge in [-0.2, -0.15) is 0 Å². The van der Waals surface area contributed by atoms with Crippen molar-refractivity contribution < 1.29 is 4.39 Å². The number of nitrogens with zero attached hydrogens (tertiary/aromatic N) is 1. The summed E-state index contributed by atoms with van der Waals surface area (Å²) < 4.78 is 14.6. The number of hydrogen-bond donors (Lipinski definition) is 0. The third kappa shape index (κ3) is 6.00.